The Kier molecular flexibility index (Phi) is 7.19. The molecule has 3 aliphatic heterocycles. The van der Waals surface area contributed by atoms with E-state index in [0.29, 0.717) is 0 Å². The first-order valence-corrected chi connectivity index (χ1v) is 19.2. The third-order valence-corrected chi connectivity index (χ3v) is 12.3. The molecule has 0 radical (unpaired) electrons. The lowest BCUT2D eigenvalue weighted by atomic mass is 9.75. The summed E-state index contributed by atoms with van der Waals surface area (Å²) in [5.41, 5.74) is 11.5. The van der Waals surface area contributed by atoms with Crippen LogP contribution in [0.4, 0.5) is 17.1 Å². The van der Waals surface area contributed by atoms with Crippen molar-refractivity contribution in [3.05, 3.63) is 185 Å². The van der Waals surface area contributed by atoms with Crippen LogP contribution in [0.5, 0.6) is 34.5 Å². The summed E-state index contributed by atoms with van der Waals surface area (Å²) in [5.74, 6) is 5.29. The van der Waals surface area contributed by atoms with E-state index in [-0.39, 0.29) is 16.2 Å². The van der Waals surface area contributed by atoms with E-state index in [2.05, 4.69) is 180 Å². The SMILES string of the molecule is CC1(C)c2ccccc2Oc2ccc(-c3ccc(N(c4cccc5c4Oc4ccccc4C5(C)C)c4cccc5c4Oc4ccccc4C5(C)C)cc3)cc21. The Hall–Kier alpha value is -6.26. The lowest BCUT2D eigenvalue weighted by molar-refractivity contribution is 0.416. The van der Waals surface area contributed by atoms with Gasteiger partial charge in [0, 0.05) is 55.3 Å². The number of rotatable bonds is 4. The smallest absolute Gasteiger partial charge is 0.155 e. The highest BCUT2D eigenvalue weighted by Gasteiger charge is 2.40. The molecule has 0 saturated carbocycles. The lowest BCUT2D eigenvalue weighted by Crippen LogP contribution is -2.27. The predicted molar refractivity (Wildman–Crippen MR) is 222 cm³/mol. The molecule has 0 bridgehead atoms. The molecule has 7 aromatic carbocycles. The summed E-state index contributed by atoms with van der Waals surface area (Å²) < 4.78 is 20.2. The van der Waals surface area contributed by atoms with E-state index >= 15 is 0 Å². The van der Waals surface area contributed by atoms with E-state index in [4.69, 9.17) is 14.2 Å². The third-order valence-electron chi connectivity index (χ3n) is 12.3. The van der Waals surface area contributed by atoms with E-state index in [1.807, 2.05) is 18.2 Å². The van der Waals surface area contributed by atoms with Gasteiger partial charge in [-0.2, -0.15) is 0 Å². The molecule has 0 saturated heterocycles. The van der Waals surface area contributed by atoms with Gasteiger partial charge in [0.2, 0.25) is 0 Å². The summed E-state index contributed by atoms with van der Waals surface area (Å²) >= 11 is 0. The number of anilines is 3. The zero-order valence-corrected chi connectivity index (χ0v) is 32.1. The van der Waals surface area contributed by atoms with Crippen molar-refractivity contribution >= 4 is 17.1 Å². The molecule has 0 amide bonds. The van der Waals surface area contributed by atoms with Crippen LogP contribution >= 0.6 is 0 Å². The molecule has 3 aliphatic rings. The summed E-state index contributed by atoms with van der Waals surface area (Å²) in [5, 5.41) is 0. The third kappa shape index (κ3) is 4.97. The van der Waals surface area contributed by atoms with Crippen LogP contribution in [0.1, 0.15) is 74.9 Å². The van der Waals surface area contributed by atoms with Gasteiger partial charge in [0.15, 0.2) is 11.5 Å². The minimum absolute atomic E-state index is 0.200. The summed E-state index contributed by atoms with van der Waals surface area (Å²) in [6, 6.07) is 53.6. The Morgan fingerprint density at radius 2 is 0.745 bits per heavy atom. The van der Waals surface area contributed by atoms with E-state index in [0.717, 1.165) is 73.8 Å². The molecule has 4 nitrogen and oxygen atoms in total. The fraction of sp³-hybridized carbons (Fsp3) is 0.176. The van der Waals surface area contributed by atoms with E-state index < -0.39 is 0 Å². The molecule has 7 aromatic rings. The second kappa shape index (κ2) is 11.9. The monoisotopic (exact) mass is 717 g/mol. The fourth-order valence-electron chi connectivity index (χ4n) is 9.09. The van der Waals surface area contributed by atoms with Gasteiger partial charge in [0.25, 0.3) is 0 Å². The fourth-order valence-corrected chi connectivity index (χ4v) is 9.09. The highest BCUT2D eigenvalue weighted by atomic mass is 16.5. The van der Waals surface area contributed by atoms with Crippen LogP contribution in [-0.4, -0.2) is 0 Å². The summed E-state index contributed by atoms with van der Waals surface area (Å²) in [7, 11) is 0. The molecule has 0 aromatic heterocycles. The van der Waals surface area contributed by atoms with Crippen molar-refractivity contribution in [3.8, 4) is 45.6 Å². The van der Waals surface area contributed by atoms with Gasteiger partial charge in [-0.3, -0.25) is 0 Å². The molecular formula is C51H43NO3. The molecule has 0 unspecified atom stereocenters. The second-order valence-corrected chi connectivity index (χ2v) is 16.6. The molecule has 10 rings (SSSR count). The number of fused-ring (bicyclic) bond motifs is 6. The molecule has 0 fully saturated rings. The van der Waals surface area contributed by atoms with Gasteiger partial charge in [-0.05, 0) is 65.7 Å². The molecule has 55 heavy (non-hydrogen) atoms. The van der Waals surface area contributed by atoms with Crippen molar-refractivity contribution in [2.24, 2.45) is 0 Å². The average Bonchev–Trinajstić information content (AvgIpc) is 3.19. The molecule has 270 valence electrons. The molecule has 0 atom stereocenters. The standard InChI is InChI=1S/C51H43NO3/c1-49(2)36-16-8-11-23-44(36)54-47-38(49)18-13-20-41(47)52(42-21-14-19-39-48(42)55-45-24-12-9-17-37(45)50(39,3)4)34-28-25-32(26-29-34)33-27-30-46-40(31-33)51(5,6)35-15-7-10-22-43(35)53-46/h7-31H,1-6H3. The minimum atomic E-state index is -0.270. The highest BCUT2D eigenvalue weighted by Crippen LogP contribution is 2.57. The van der Waals surface area contributed by atoms with E-state index in [9.17, 15) is 0 Å². The van der Waals surface area contributed by atoms with Gasteiger partial charge < -0.3 is 19.1 Å². The van der Waals surface area contributed by atoms with Crippen molar-refractivity contribution < 1.29 is 14.2 Å². The Morgan fingerprint density at radius 3 is 1.25 bits per heavy atom. The second-order valence-electron chi connectivity index (χ2n) is 16.6. The molecule has 4 heteroatoms. The van der Waals surface area contributed by atoms with Gasteiger partial charge in [-0.15, -0.1) is 0 Å². The number of benzene rings is 7. The largest absolute Gasteiger partial charge is 0.457 e. The van der Waals surface area contributed by atoms with Gasteiger partial charge in [-0.25, -0.2) is 0 Å². The van der Waals surface area contributed by atoms with Crippen molar-refractivity contribution in [1.29, 1.82) is 0 Å². The predicted octanol–water partition coefficient (Wildman–Crippen LogP) is 14.1. The number of hydrogen-bond acceptors (Lipinski definition) is 4. The average molecular weight is 718 g/mol. The van der Waals surface area contributed by atoms with Gasteiger partial charge in [-0.1, -0.05) is 139 Å². The van der Waals surface area contributed by atoms with Crippen molar-refractivity contribution in [3.63, 3.8) is 0 Å². The first-order valence-electron chi connectivity index (χ1n) is 19.2. The van der Waals surface area contributed by atoms with Gasteiger partial charge >= 0.3 is 0 Å². The number of nitrogens with zero attached hydrogens (tertiary/aromatic N) is 1. The summed E-state index contributed by atoms with van der Waals surface area (Å²) in [6.45, 7) is 13.7. The van der Waals surface area contributed by atoms with Crippen molar-refractivity contribution in [2.75, 3.05) is 4.90 Å². The van der Waals surface area contributed by atoms with Crippen LogP contribution in [0.25, 0.3) is 11.1 Å². The van der Waals surface area contributed by atoms with Crippen LogP contribution < -0.4 is 19.1 Å². The maximum Gasteiger partial charge on any atom is 0.155 e. The number of ether oxygens (including phenoxy) is 3. The Bertz CT molecular complexity index is 2560. The maximum absolute atomic E-state index is 6.91. The van der Waals surface area contributed by atoms with Crippen LogP contribution in [0.2, 0.25) is 0 Å². The Balaban J connectivity index is 1.13. The van der Waals surface area contributed by atoms with Crippen LogP contribution in [0.15, 0.2) is 152 Å². The number of para-hydroxylation sites is 5. The maximum atomic E-state index is 6.91. The van der Waals surface area contributed by atoms with Crippen LogP contribution in [-0.2, 0) is 16.2 Å². The first-order chi connectivity index (χ1) is 26.5. The van der Waals surface area contributed by atoms with Gasteiger partial charge in [0.1, 0.15) is 23.0 Å². The quantitative estimate of drug-likeness (QED) is 0.181. The topological polar surface area (TPSA) is 30.9 Å². The first kappa shape index (κ1) is 33.3. The Labute approximate surface area is 323 Å². The van der Waals surface area contributed by atoms with Gasteiger partial charge in [0.05, 0.1) is 11.4 Å². The van der Waals surface area contributed by atoms with Crippen molar-refractivity contribution in [1.82, 2.24) is 0 Å². The lowest BCUT2D eigenvalue weighted by Gasteiger charge is -2.39. The Morgan fingerprint density at radius 1 is 0.345 bits per heavy atom. The molecule has 0 aliphatic carbocycles. The summed E-state index contributed by atoms with van der Waals surface area (Å²) in [6.07, 6.45) is 0. The molecule has 3 heterocycles. The number of hydrogen-bond donors (Lipinski definition) is 0. The van der Waals surface area contributed by atoms with E-state index in [1.54, 1.807) is 0 Å². The molecular weight excluding hydrogens is 675 g/mol. The summed E-state index contributed by atoms with van der Waals surface area (Å²) in [4.78, 5) is 2.32. The zero-order chi connectivity index (χ0) is 37.7. The minimum Gasteiger partial charge on any atom is -0.457 e. The zero-order valence-electron chi connectivity index (χ0n) is 32.1. The van der Waals surface area contributed by atoms with Crippen LogP contribution in [0, 0.1) is 0 Å². The highest BCUT2D eigenvalue weighted by molar-refractivity contribution is 5.87. The van der Waals surface area contributed by atoms with Crippen molar-refractivity contribution in [2.45, 2.75) is 57.8 Å². The molecule has 0 N–H and O–H groups in total. The molecule has 0 spiro atoms. The van der Waals surface area contributed by atoms with E-state index in [1.165, 1.54) is 22.3 Å². The normalized spacial score (nSPS) is 16.0. The van der Waals surface area contributed by atoms with Crippen LogP contribution in [0.3, 0.4) is 0 Å².